The molecule has 0 aliphatic heterocycles. The molecule has 0 nitrogen and oxygen atoms in total. The third-order valence-corrected chi connectivity index (χ3v) is 4.37. The average molecular weight is 229 g/mol. The van der Waals surface area contributed by atoms with Crippen LogP contribution in [-0.4, -0.2) is 5.38 Å². The van der Waals surface area contributed by atoms with Gasteiger partial charge in [-0.25, -0.2) is 0 Å². The number of benzene rings is 1. The van der Waals surface area contributed by atoms with Crippen molar-refractivity contribution >= 4 is 23.2 Å². The van der Waals surface area contributed by atoms with E-state index in [0.29, 0.717) is 0 Å². The quantitative estimate of drug-likeness (QED) is 0.629. The van der Waals surface area contributed by atoms with Gasteiger partial charge in [-0.2, -0.15) is 0 Å². The van der Waals surface area contributed by atoms with E-state index in [4.69, 9.17) is 23.2 Å². The first-order valence-corrected chi connectivity index (χ1v) is 5.93. The van der Waals surface area contributed by atoms with Crippen molar-refractivity contribution in [2.24, 2.45) is 0 Å². The Morgan fingerprint density at radius 2 is 1.86 bits per heavy atom. The fraction of sp³-hybridized carbons (Fsp3) is 0.500. The maximum absolute atomic E-state index is 6.62. The Bertz CT molecular complexity index is 296. The zero-order valence-electron chi connectivity index (χ0n) is 8.05. The zero-order valence-corrected chi connectivity index (χ0v) is 9.56. The van der Waals surface area contributed by atoms with Crippen molar-refractivity contribution in [3.05, 3.63) is 35.9 Å². The van der Waals surface area contributed by atoms with Crippen LogP contribution in [-0.2, 0) is 4.87 Å². The maximum Gasteiger partial charge on any atom is 0.0857 e. The number of hydrogen-bond acceptors (Lipinski definition) is 0. The Hall–Kier alpha value is -0.200. The van der Waals surface area contributed by atoms with Crippen LogP contribution in [0.25, 0.3) is 0 Å². The zero-order chi connectivity index (χ0) is 10.0. The predicted octanol–water partition coefficient (Wildman–Crippen LogP) is 4.30. The van der Waals surface area contributed by atoms with E-state index in [1.165, 1.54) is 18.4 Å². The summed E-state index contributed by atoms with van der Waals surface area (Å²) < 4.78 is 0. The smallest absolute Gasteiger partial charge is 0.0857 e. The Balaban J connectivity index is 2.30. The summed E-state index contributed by atoms with van der Waals surface area (Å²) in [5.41, 5.74) is 1.17. The molecule has 2 unspecified atom stereocenters. The highest BCUT2D eigenvalue weighted by molar-refractivity contribution is 6.32. The molecule has 1 saturated carbocycles. The molecule has 0 amide bonds. The van der Waals surface area contributed by atoms with Crippen molar-refractivity contribution in [2.45, 2.75) is 35.9 Å². The molecule has 76 valence electrons. The maximum atomic E-state index is 6.62. The van der Waals surface area contributed by atoms with Gasteiger partial charge in [-0.1, -0.05) is 43.2 Å². The molecule has 1 aromatic rings. The van der Waals surface area contributed by atoms with Gasteiger partial charge in [0.2, 0.25) is 0 Å². The molecule has 14 heavy (non-hydrogen) atoms. The number of alkyl halides is 2. The van der Waals surface area contributed by atoms with E-state index < -0.39 is 0 Å². The predicted molar refractivity (Wildman–Crippen MR) is 62.1 cm³/mol. The molecule has 2 rings (SSSR count). The highest BCUT2D eigenvalue weighted by Crippen LogP contribution is 2.45. The fourth-order valence-electron chi connectivity index (χ4n) is 2.13. The standard InChI is InChI=1S/C12H14Cl2/c13-11-8-4-5-9-12(11,14)10-6-2-1-3-7-10/h1-3,6-7,11H,4-5,8-9H2. The molecule has 0 spiro atoms. The Morgan fingerprint density at radius 1 is 1.14 bits per heavy atom. The van der Waals surface area contributed by atoms with Crippen LogP contribution < -0.4 is 0 Å². The topological polar surface area (TPSA) is 0 Å². The van der Waals surface area contributed by atoms with Crippen LogP contribution in [0.2, 0.25) is 0 Å². The summed E-state index contributed by atoms with van der Waals surface area (Å²) in [4.78, 5) is -0.332. The number of hydrogen-bond donors (Lipinski definition) is 0. The highest BCUT2D eigenvalue weighted by atomic mass is 35.5. The lowest BCUT2D eigenvalue weighted by atomic mass is 9.83. The van der Waals surface area contributed by atoms with E-state index in [9.17, 15) is 0 Å². The van der Waals surface area contributed by atoms with E-state index >= 15 is 0 Å². The van der Waals surface area contributed by atoms with Gasteiger partial charge in [0, 0.05) is 0 Å². The van der Waals surface area contributed by atoms with Crippen LogP contribution in [0.1, 0.15) is 31.2 Å². The minimum Gasteiger partial charge on any atom is -0.121 e. The van der Waals surface area contributed by atoms with E-state index in [1.807, 2.05) is 18.2 Å². The molecule has 0 bridgehead atoms. The Kier molecular flexibility index (Phi) is 3.04. The summed E-state index contributed by atoms with van der Waals surface area (Å²) in [7, 11) is 0. The summed E-state index contributed by atoms with van der Waals surface area (Å²) in [6, 6.07) is 10.2. The molecule has 1 aromatic carbocycles. The lowest BCUT2D eigenvalue weighted by molar-refractivity contribution is 0.406. The second-order valence-electron chi connectivity index (χ2n) is 3.94. The monoisotopic (exact) mass is 228 g/mol. The Labute approximate surface area is 95.2 Å². The van der Waals surface area contributed by atoms with Crippen LogP contribution in [0.4, 0.5) is 0 Å². The molecule has 0 aromatic heterocycles. The van der Waals surface area contributed by atoms with Crippen molar-refractivity contribution < 1.29 is 0 Å². The van der Waals surface area contributed by atoms with E-state index in [0.717, 1.165) is 12.8 Å². The Morgan fingerprint density at radius 3 is 2.50 bits per heavy atom. The molecule has 2 heteroatoms. The van der Waals surface area contributed by atoms with Crippen molar-refractivity contribution in [1.82, 2.24) is 0 Å². The summed E-state index contributed by atoms with van der Waals surface area (Å²) >= 11 is 12.9. The van der Waals surface area contributed by atoms with Gasteiger partial charge in [-0.05, 0) is 18.4 Å². The summed E-state index contributed by atoms with van der Waals surface area (Å²) in [6.45, 7) is 0. The molecule has 1 aliphatic rings. The SMILES string of the molecule is ClC1CCCCC1(Cl)c1ccccc1. The van der Waals surface area contributed by atoms with Crippen LogP contribution in [0.15, 0.2) is 30.3 Å². The normalized spacial score (nSPS) is 32.9. The van der Waals surface area contributed by atoms with Crippen molar-refractivity contribution in [1.29, 1.82) is 0 Å². The molecular formula is C12H14Cl2. The fourth-order valence-corrected chi connectivity index (χ4v) is 2.89. The van der Waals surface area contributed by atoms with Gasteiger partial charge in [0.05, 0.1) is 10.3 Å². The molecule has 0 radical (unpaired) electrons. The molecule has 0 N–H and O–H groups in total. The van der Waals surface area contributed by atoms with Crippen LogP contribution in [0.3, 0.4) is 0 Å². The molecule has 1 fully saturated rings. The van der Waals surface area contributed by atoms with Gasteiger partial charge in [0.25, 0.3) is 0 Å². The van der Waals surface area contributed by atoms with E-state index in [1.54, 1.807) is 0 Å². The lowest BCUT2D eigenvalue weighted by Gasteiger charge is -2.36. The first-order valence-electron chi connectivity index (χ1n) is 5.12. The van der Waals surface area contributed by atoms with Crippen molar-refractivity contribution in [3.63, 3.8) is 0 Å². The first kappa shape index (κ1) is 10.3. The van der Waals surface area contributed by atoms with Gasteiger partial charge in [0.15, 0.2) is 0 Å². The summed E-state index contributed by atoms with van der Waals surface area (Å²) in [5.74, 6) is 0. The van der Waals surface area contributed by atoms with Gasteiger partial charge in [0.1, 0.15) is 0 Å². The third-order valence-electron chi connectivity index (χ3n) is 3.00. The second-order valence-corrected chi connectivity index (χ2v) is 5.14. The molecule has 1 aliphatic carbocycles. The average Bonchev–Trinajstić information content (AvgIpc) is 2.24. The summed E-state index contributed by atoms with van der Waals surface area (Å²) in [6.07, 6.45) is 4.41. The number of halogens is 2. The van der Waals surface area contributed by atoms with Gasteiger partial charge in [-0.3, -0.25) is 0 Å². The highest BCUT2D eigenvalue weighted by Gasteiger charge is 2.39. The van der Waals surface area contributed by atoms with Crippen LogP contribution >= 0.6 is 23.2 Å². The van der Waals surface area contributed by atoms with Crippen molar-refractivity contribution in [2.75, 3.05) is 0 Å². The summed E-state index contributed by atoms with van der Waals surface area (Å²) in [5, 5.41) is 0.0697. The largest absolute Gasteiger partial charge is 0.121 e. The molecule has 0 saturated heterocycles. The molecular weight excluding hydrogens is 215 g/mol. The van der Waals surface area contributed by atoms with E-state index in [-0.39, 0.29) is 10.3 Å². The minimum atomic E-state index is -0.332. The first-order chi connectivity index (χ1) is 6.73. The van der Waals surface area contributed by atoms with E-state index in [2.05, 4.69) is 12.1 Å². The van der Waals surface area contributed by atoms with Crippen molar-refractivity contribution in [3.8, 4) is 0 Å². The second kappa shape index (κ2) is 4.12. The third kappa shape index (κ3) is 1.78. The molecule has 0 heterocycles. The minimum absolute atomic E-state index is 0.0697. The van der Waals surface area contributed by atoms with Crippen LogP contribution in [0, 0.1) is 0 Å². The van der Waals surface area contributed by atoms with Gasteiger partial charge in [-0.15, -0.1) is 23.2 Å². The lowest BCUT2D eigenvalue weighted by Crippen LogP contribution is -2.33. The van der Waals surface area contributed by atoms with Gasteiger partial charge < -0.3 is 0 Å². The molecule has 2 atom stereocenters. The number of rotatable bonds is 1. The van der Waals surface area contributed by atoms with Crippen LogP contribution in [0.5, 0.6) is 0 Å². The van der Waals surface area contributed by atoms with Gasteiger partial charge >= 0.3 is 0 Å².